The zero-order valence-corrected chi connectivity index (χ0v) is 9.47. The molecule has 0 bridgehead atoms. The maximum absolute atomic E-state index is 5.46. The highest BCUT2D eigenvalue weighted by atomic mass is 31.1. The summed E-state index contributed by atoms with van der Waals surface area (Å²) in [6, 6.07) is 0. The van der Waals surface area contributed by atoms with Crippen molar-refractivity contribution >= 4 is 7.92 Å². The van der Waals surface area contributed by atoms with E-state index in [1.165, 1.54) is 0 Å². The summed E-state index contributed by atoms with van der Waals surface area (Å²) in [6.45, 7) is 6.89. The highest BCUT2D eigenvalue weighted by Gasteiger charge is 2.44. The van der Waals surface area contributed by atoms with E-state index in [2.05, 4.69) is 20.5 Å². The van der Waals surface area contributed by atoms with E-state index in [0.29, 0.717) is 23.5 Å². The Balaban J connectivity index is 2.72. The third-order valence-electron chi connectivity index (χ3n) is 3.10. The third kappa shape index (κ3) is 1.53. The molecule has 0 amide bonds. The molecule has 1 fully saturated rings. The predicted octanol–water partition coefficient (Wildman–Crippen LogP) is 1.92. The van der Waals surface area contributed by atoms with Crippen LogP contribution in [0.1, 0.15) is 13.8 Å². The second-order valence-electron chi connectivity index (χ2n) is 3.55. The van der Waals surface area contributed by atoms with Gasteiger partial charge in [0.25, 0.3) is 0 Å². The molecule has 0 aromatic rings. The number of hydrogen-bond acceptors (Lipinski definition) is 2. The maximum Gasteiger partial charge on any atom is 0.0903 e. The first-order valence-electron chi connectivity index (χ1n) is 4.41. The number of ether oxygens (including phenoxy) is 2. The van der Waals surface area contributed by atoms with E-state index >= 15 is 0 Å². The normalized spacial score (nSPS) is 48.2. The van der Waals surface area contributed by atoms with Gasteiger partial charge in [0, 0.05) is 25.5 Å². The summed E-state index contributed by atoms with van der Waals surface area (Å²) in [7, 11) is 3.64. The van der Waals surface area contributed by atoms with E-state index < -0.39 is 0 Å². The molecule has 1 rings (SSSR count). The van der Waals surface area contributed by atoms with E-state index in [0.717, 1.165) is 0 Å². The van der Waals surface area contributed by atoms with Gasteiger partial charge >= 0.3 is 0 Å². The van der Waals surface area contributed by atoms with Crippen molar-refractivity contribution in [3.8, 4) is 0 Å². The van der Waals surface area contributed by atoms with Crippen molar-refractivity contribution in [2.24, 2.45) is 0 Å². The van der Waals surface area contributed by atoms with E-state index in [1.54, 1.807) is 14.2 Å². The van der Waals surface area contributed by atoms with Gasteiger partial charge in [-0.15, -0.1) is 0 Å². The van der Waals surface area contributed by atoms with Crippen molar-refractivity contribution in [2.75, 3.05) is 20.9 Å². The highest BCUT2D eigenvalue weighted by Crippen LogP contribution is 2.53. The molecule has 2 unspecified atom stereocenters. The minimum Gasteiger partial charge on any atom is -0.378 e. The quantitative estimate of drug-likeness (QED) is 0.619. The summed E-state index contributed by atoms with van der Waals surface area (Å²) in [4.78, 5) is 0. The van der Waals surface area contributed by atoms with Gasteiger partial charge < -0.3 is 9.47 Å². The van der Waals surface area contributed by atoms with Crippen LogP contribution in [0.3, 0.4) is 0 Å². The summed E-state index contributed by atoms with van der Waals surface area (Å²) < 4.78 is 10.9. The SMILES string of the molecule is COC1C(OC)[C@H](C)P(C)[C@H]1C. The fraction of sp³-hybridized carbons (Fsp3) is 1.00. The molecule has 1 heterocycles. The van der Waals surface area contributed by atoms with Crippen molar-refractivity contribution in [3.63, 3.8) is 0 Å². The average Bonchev–Trinajstić information content (AvgIpc) is 2.29. The van der Waals surface area contributed by atoms with Crippen LogP contribution >= 0.6 is 7.92 Å². The van der Waals surface area contributed by atoms with Crippen molar-refractivity contribution in [2.45, 2.75) is 37.4 Å². The Kier molecular flexibility index (Phi) is 3.51. The minimum absolute atomic E-state index is 0.0723. The molecule has 0 aliphatic carbocycles. The van der Waals surface area contributed by atoms with Gasteiger partial charge in [0.1, 0.15) is 0 Å². The Hall–Kier alpha value is 0.350. The molecule has 0 aromatic carbocycles. The Morgan fingerprint density at radius 3 is 1.50 bits per heavy atom. The van der Waals surface area contributed by atoms with Gasteiger partial charge in [0.05, 0.1) is 12.2 Å². The Morgan fingerprint density at radius 2 is 1.25 bits per heavy atom. The molecule has 4 atom stereocenters. The molecular weight excluding hydrogens is 171 g/mol. The van der Waals surface area contributed by atoms with E-state index in [-0.39, 0.29) is 7.92 Å². The smallest absolute Gasteiger partial charge is 0.0903 e. The van der Waals surface area contributed by atoms with Crippen LogP contribution in [-0.2, 0) is 9.47 Å². The monoisotopic (exact) mass is 190 g/mol. The molecule has 72 valence electrons. The van der Waals surface area contributed by atoms with Gasteiger partial charge in [-0.1, -0.05) is 21.8 Å². The van der Waals surface area contributed by atoms with Gasteiger partial charge in [-0.3, -0.25) is 0 Å². The molecule has 0 spiro atoms. The van der Waals surface area contributed by atoms with Crippen molar-refractivity contribution < 1.29 is 9.47 Å². The standard InChI is InChI=1S/C9H19O2P/c1-6-8(10-3)9(11-4)7(2)12(6)5/h6-9H,1-5H3/t6-,7-,8?,9?,12?/m0/s1. The zero-order valence-electron chi connectivity index (χ0n) is 8.57. The molecule has 3 heteroatoms. The molecule has 12 heavy (non-hydrogen) atoms. The molecule has 0 N–H and O–H groups in total. The first-order valence-corrected chi connectivity index (χ1v) is 6.33. The molecule has 1 aliphatic heterocycles. The van der Waals surface area contributed by atoms with Gasteiger partial charge in [0.15, 0.2) is 0 Å². The Bertz CT molecular complexity index is 135. The fourth-order valence-electron chi connectivity index (χ4n) is 2.05. The van der Waals surface area contributed by atoms with Gasteiger partial charge in [-0.05, 0) is 6.66 Å². The molecule has 0 aromatic heterocycles. The minimum atomic E-state index is 0.0723. The van der Waals surface area contributed by atoms with Crippen LogP contribution in [0.5, 0.6) is 0 Å². The average molecular weight is 190 g/mol. The topological polar surface area (TPSA) is 18.5 Å². The Labute approximate surface area is 76.4 Å². The lowest BCUT2D eigenvalue weighted by Crippen LogP contribution is -2.34. The summed E-state index contributed by atoms with van der Waals surface area (Å²) in [5.74, 6) is 0. The molecule has 1 aliphatic rings. The Morgan fingerprint density at radius 1 is 0.917 bits per heavy atom. The lowest BCUT2D eigenvalue weighted by Gasteiger charge is -2.20. The molecular formula is C9H19O2P. The summed E-state index contributed by atoms with van der Waals surface area (Å²) in [5, 5.41) is 0. The number of hydrogen-bond donors (Lipinski definition) is 0. The first-order chi connectivity index (χ1) is 5.63. The van der Waals surface area contributed by atoms with Crippen LogP contribution in [0.15, 0.2) is 0 Å². The van der Waals surface area contributed by atoms with Crippen molar-refractivity contribution in [3.05, 3.63) is 0 Å². The highest BCUT2D eigenvalue weighted by molar-refractivity contribution is 7.58. The number of rotatable bonds is 2. The second kappa shape index (κ2) is 4.04. The summed E-state index contributed by atoms with van der Waals surface area (Å²) >= 11 is 0. The zero-order chi connectivity index (χ0) is 9.30. The van der Waals surface area contributed by atoms with Gasteiger partial charge in [-0.2, -0.15) is 0 Å². The van der Waals surface area contributed by atoms with Crippen LogP contribution in [0, 0.1) is 0 Å². The van der Waals surface area contributed by atoms with Crippen LogP contribution in [0.25, 0.3) is 0 Å². The fourth-order valence-corrected chi connectivity index (χ4v) is 4.30. The molecule has 2 nitrogen and oxygen atoms in total. The molecule has 1 saturated heterocycles. The maximum atomic E-state index is 5.46. The van der Waals surface area contributed by atoms with E-state index in [1.807, 2.05) is 0 Å². The first kappa shape index (κ1) is 10.4. The van der Waals surface area contributed by atoms with Gasteiger partial charge in [-0.25, -0.2) is 0 Å². The van der Waals surface area contributed by atoms with Crippen LogP contribution < -0.4 is 0 Å². The molecule has 0 radical (unpaired) electrons. The van der Waals surface area contributed by atoms with Crippen LogP contribution in [-0.4, -0.2) is 44.4 Å². The van der Waals surface area contributed by atoms with Crippen molar-refractivity contribution in [1.29, 1.82) is 0 Å². The van der Waals surface area contributed by atoms with Crippen molar-refractivity contribution in [1.82, 2.24) is 0 Å². The van der Waals surface area contributed by atoms with E-state index in [4.69, 9.17) is 9.47 Å². The van der Waals surface area contributed by atoms with E-state index in [9.17, 15) is 0 Å². The summed E-state index contributed by atoms with van der Waals surface area (Å²) in [6.07, 6.45) is 0.613. The van der Waals surface area contributed by atoms with Crippen LogP contribution in [0.2, 0.25) is 0 Å². The van der Waals surface area contributed by atoms with Gasteiger partial charge in [0.2, 0.25) is 0 Å². The largest absolute Gasteiger partial charge is 0.378 e. The lowest BCUT2D eigenvalue weighted by atomic mass is 10.1. The third-order valence-corrected chi connectivity index (χ3v) is 6.26. The molecule has 0 saturated carbocycles. The summed E-state index contributed by atoms with van der Waals surface area (Å²) in [5.41, 5.74) is 1.34. The lowest BCUT2D eigenvalue weighted by molar-refractivity contribution is -0.0244. The van der Waals surface area contributed by atoms with Crippen LogP contribution in [0.4, 0.5) is 0 Å². The predicted molar refractivity (Wildman–Crippen MR) is 53.4 cm³/mol. The second-order valence-corrected chi connectivity index (χ2v) is 6.51. The number of methoxy groups -OCH3 is 2.